The number of carbonyl (C=O) groups excluding carboxylic acids is 2. The molecule has 0 unspecified atom stereocenters. The Morgan fingerprint density at radius 3 is 2.42 bits per heavy atom. The van der Waals surface area contributed by atoms with Gasteiger partial charge in [-0.05, 0) is 54.1 Å². The molecule has 6 nitrogen and oxygen atoms in total. The number of para-hydroxylation sites is 2. The number of methoxy groups -OCH3 is 2. The van der Waals surface area contributed by atoms with Gasteiger partial charge in [0.25, 0.3) is 5.91 Å². The van der Waals surface area contributed by atoms with Crippen LogP contribution in [0.4, 0.5) is 5.69 Å². The monoisotopic (exact) mass is 477 g/mol. The summed E-state index contributed by atoms with van der Waals surface area (Å²) < 4.78 is 16.4. The van der Waals surface area contributed by atoms with Crippen molar-refractivity contribution in [3.8, 4) is 17.2 Å². The number of amides is 1. The molecular weight excluding hydrogens is 458 g/mol. The number of ether oxygens (including phenoxy) is 3. The number of rotatable bonds is 6. The Morgan fingerprint density at radius 2 is 1.70 bits per heavy atom. The van der Waals surface area contributed by atoms with E-state index in [1.54, 1.807) is 73.8 Å². The van der Waals surface area contributed by atoms with Crippen molar-refractivity contribution in [1.29, 1.82) is 0 Å². The molecule has 0 aromatic heterocycles. The number of thioether (sulfide) groups is 1. The molecule has 0 atom stereocenters. The summed E-state index contributed by atoms with van der Waals surface area (Å²) in [6, 6.07) is 20.8. The van der Waals surface area contributed by atoms with Crippen LogP contribution in [0.25, 0.3) is 6.08 Å². The second-order valence-corrected chi connectivity index (χ2v) is 8.56. The second-order valence-electron chi connectivity index (χ2n) is 6.88. The van der Waals surface area contributed by atoms with Crippen LogP contribution in [-0.2, 0) is 4.79 Å². The molecule has 1 aliphatic heterocycles. The summed E-state index contributed by atoms with van der Waals surface area (Å²) >= 11 is 6.66. The number of esters is 1. The zero-order valence-electron chi connectivity index (χ0n) is 17.8. The van der Waals surface area contributed by atoms with E-state index < -0.39 is 5.97 Å². The smallest absolute Gasteiger partial charge is 0.343 e. The maximum Gasteiger partial charge on any atom is 0.343 e. The fourth-order valence-corrected chi connectivity index (χ4v) is 4.47. The average Bonchev–Trinajstić information content (AvgIpc) is 3.12. The number of hydrogen-bond acceptors (Lipinski definition) is 7. The molecule has 4 rings (SSSR count). The molecule has 166 valence electrons. The second kappa shape index (κ2) is 9.89. The molecule has 1 heterocycles. The van der Waals surface area contributed by atoms with Gasteiger partial charge >= 0.3 is 5.97 Å². The number of thiocarbonyl (C=S) groups is 1. The maximum absolute atomic E-state index is 13.0. The minimum Gasteiger partial charge on any atom is -0.497 e. The van der Waals surface area contributed by atoms with Gasteiger partial charge in [-0.2, -0.15) is 0 Å². The summed E-state index contributed by atoms with van der Waals surface area (Å²) in [5.74, 6) is 0.825. The first-order valence-corrected chi connectivity index (χ1v) is 11.1. The van der Waals surface area contributed by atoms with E-state index in [2.05, 4.69) is 0 Å². The van der Waals surface area contributed by atoms with Crippen LogP contribution in [0.1, 0.15) is 15.9 Å². The van der Waals surface area contributed by atoms with Crippen LogP contribution in [0.3, 0.4) is 0 Å². The third-order valence-corrected chi connectivity index (χ3v) is 6.12. The Bertz CT molecular complexity index is 1250. The number of hydrogen-bond donors (Lipinski definition) is 0. The largest absolute Gasteiger partial charge is 0.497 e. The maximum atomic E-state index is 13.0. The van der Waals surface area contributed by atoms with Gasteiger partial charge in [0.1, 0.15) is 17.2 Å². The van der Waals surface area contributed by atoms with Gasteiger partial charge < -0.3 is 14.2 Å². The van der Waals surface area contributed by atoms with E-state index in [1.165, 1.54) is 23.8 Å². The Labute approximate surface area is 200 Å². The molecule has 0 saturated carbocycles. The Balaban J connectivity index is 1.49. The molecule has 1 saturated heterocycles. The van der Waals surface area contributed by atoms with Crippen molar-refractivity contribution >= 4 is 51.9 Å². The highest BCUT2D eigenvalue weighted by Gasteiger charge is 2.34. The standard InChI is InChI=1S/C25H19NO5S2/c1-29-19-7-5-6-17(15-19)24(28)31-18-12-10-16(11-13-18)14-22-23(27)26(25(32)33-22)20-8-3-4-9-21(20)30-2/h3-15H,1-2H3/b22-14-. The molecule has 0 aliphatic carbocycles. The van der Waals surface area contributed by atoms with Crippen LogP contribution in [0, 0.1) is 0 Å². The molecule has 0 bridgehead atoms. The molecule has 0 N–H and O–H groups in total. The molecule has 0 spiro atoms. The molecule has 1 amide bonds. The summed E-state index contributed by atoms with van der Waals surface area (Å²) in [5.41, 5.74) is 1.76. The summed E-state index contributed by atoms with van der Waals surface area (Å²) in [6.45, 7) is 0. The van der Waals surface area contributed by atoms with E-state index in [-0.39, 0.29) is 5.91 Å². The Hall–Kier alpha value is -3.62. The number of anilines is 1. The normalized spacial score (nSPS) is 14.5. The van der Waals surface area contributed by atoms with E-state index in [9.17, 15) is 9.59 Å². The topological polar surface area (TPSA) is 65.1 Å². The predicted molar refractivity (Wildman–Crippen MR) is 133 cm³/mol. The van der Waals surface area contributed by atoms with Gasteiger partial charge in [0, 0.05) is 0 Å². The lowest BCUT2D eigenvalue weighted by molar-refractivity contribution is -0.113. The van der Waals surface area contributed by atoms with E-state index >= 15 is 0 Å². The molecule has 1 aliphatic rings. The van der Waals surface area contributed by atoms with Crippen molar-refractivity contribution in [2.45, 2.75) is 0 Å². The van der Waals surface area contributed by atoms with Gasteiger partial charge in [0.05, 0.1) is 30.4 Å². The lowest BCUT2D eigenvalue weighted by atomic mass is 10.2. The number of nitrogens with zero attached hydrogens (tertiary/aromatic N) is 1. The Kier molecular flexibility index (Phi) is 6.76. The zero-order valence-corrected chi connectivity index (χ0v) is 19.4. The van der Waals surface area contributed by atoms with E-state index in [4.69, 9.17) is 26.4 Å². The quantitative estimate of drug-likeness (QED) is 0.206. The molecule has 0 radical (unpaired) electrons. The molecule has 33 heavy (non-hydrogen) atoms. The van der Waals surface area contributed by atoms with Gasteiger partial charge in [-0.3, -0.25) is 9.69 Å². The van der Waals surface area contributed by atoms with Crippen molar-refractivity contribution in [3.05, 3.63) is 88.8 Å². The first-order valence-electron chi connectivity index (χ1n) is 9.87. The minimum atomic E-state index is -0.487. The molecule has 3 aromatic rings. The lowest BCUT2D eigenvalue weighted by Gasteiger charge is -2.17. The highest BCUT2D eigenvalue weighted by atomic mass is 32.2. The fourth-order valence-electron chi connectivity index (χ4n) is 3.19. The summed E-state index contributed by atoms with van der Waals surface area (Å²) in [6.07, 6.45) is 1.75. The molecule has 1 fully saturated rings. The molecule has 8 heteroatoms. The van der Waals surface area contributed by atoms with Crippen molar-refractivity contribution < 1.29 is 23.8 Å². The Morgan fingerprint density at radius 1 is 0.939 bits per heavy atom. The molecule has 3 aromatic carbocycles. The summed E-state index contributed by atoms with van der Waals surface area (Å²) in [7, 11) is 3.09. The average molecular weight is 478 g/mol. The van der Waals surface area contributed by atoms with Gasteiger partial charge in [-0.1, -0.05) is 54.3 Å². The van der Waals surface area contributed by atoms with Crippen LogP contribution in [0.5, 0.6) is 17.2 Å². The van der Waals surface area contributed by atoms with Crippen molar-refractivity contribution in [2.24, 2.45) is 0 Å². The summed E-state index contributed by atoms with van der Waals surface area (Å²) in [4.78, 5) is 27.4. The van der Waals surface area contributed by atoms with Gasteiger partial charge in [-0.25, -0.2) is 4.79 Å². The van der Waals surface area contributed by atoms with Crippen LogP contribution >= 0.6 is 24.0 Å². The number of carbonyl (C=O) groups is 2. The van der Waals surface area contributed by atoms with Gasteiger partial charge in [0.15, 0.2) is 4.32 Å². The van der Waals surface area contributed by atoms with Gasteiger partial charge in [0.2, 0.25) is 0 Å². The van der Waals surface area contributed by atoms with Gasteiger partial charge in [-0.15, -0.1) is 0 Å². The van der Waals surface area contributed by atoms with Crippen LogP contribution < -0.4 is 19.1 Å². The highest BCUT2D eigenvalue weighted by molar-refractivity contribution is 8.27. The predicted octanol–water partition coefficient (Wildman–Crippen LogP) is 5.33. The van der Waals surface area contributed by atoms with Crippen LogP contribution in [0.15, 0.2) is 77.7 Å². The van der Waals surface area contributed by atoms with Crippen molar-refractivity contribution in [3.63, 3.8) is 0 Å². The first kappa shape index (κ1) is 22.6. The van der Waals surface area contributed by atoms with E-state index in [0.29, 0.717) is 37.7 Å². The highest BCUT2D eigenvalue weighted by Crippen LogP contribution is 2.39. The summed E-state index contributed by atoms with van der Waals surface area (Å²) in [5, 5.41) is 0. The van der Waals surface area contributed by atoms with Crippen LogP contribution in [0.2, 0.25) is 0 Å². The van der Waals surface area contributed by atoms with E-state index in [1.807, 2.05) is 12.1 Å². The third-order valence-electron chi connectivity index (χ3n) is 4.81. The number of benzene rings is 3. The third kappa shape index (κ3) is 4.92. The molecular formula is C25H19NO5S2. The first-order chi connectivity index (χ1) is 16.0. The van der Waals surface area contributed by atoms with Crippen LogP contribution in [-0.4, -0.2) is 30.4 Å². The van der Waals surface area contributed by atoms with Crippen molar-refractivity contribution in [2.75, 3.05) is 19.1 Å². The minimum absolute atomic E-state index is 0.219. The lowest BCUT2D eigenvalue weighted by Crippen LogP contribution is -2.27. The SMILES string of the molecule is COc1cccc(C(=O)Oc2ccc(/C=C3\SC(=S)N(c4ccccc4OC)C3=O)cc2)c1. The zero-order chi connectivity index (χ0) is 23.4. The fraction of sp³-hybridized carbons (Fsp3) is 0.0800. The van der Waals surface area contributed by atoms with E-state index in [0.717, 1.165) is 5.56 Å². The van der Waals surface area contributed by atoms with Crippen molar-refractivity contribution in [1.82, 2.24) is 0 Å².